The van der Waals surface area contributed by atoms with Crippen molar-refractivity contribution in [1.82, 2.24) is 0 Å². The van der Waals surface area contributed by atoms with E-state index in [1.165, 1.54) is 0 Å². The molecule has 3 atom stereocenters. The highest BCUT2D eigenvalue weighted by molar-refractivity contribution is 9.35. The van der Waals surface area contributed by atoms with Gasteiger partial charge in [-0.15, -0.1) is 0 Å². The van der Waals surface area contributed by atoms with Gasteiger partial charge in [-0.3, -0.25) is 0 Å². The van der Waals surface area contributed by atoms with Gasteiger partial charge in [-0.25, -0.2) is 0 Å². The topological polar surface area (TPSA) is 0 Å². The lowest BCUT2D eigenvalue weighted by Crippen LogP contribution is -1.65. The monoisotopic (exact) mass is 192 g/mol. The first-order valence-corrected chi connectivity index (χ1v) is 10.7. The van der Waals surface area contributed by atoms with E-state index in [0.717, 1.165) is 6.98 Å². The van der Waals surface area contributed by atoms with Gasteiger partial charge in [0.15, 0.2) is 0 Å². The van der Waals surface area contributed by atoms with Crippen molar-refractivity contribution >= 4 is 54.8 Å². The molecule has 1 rings (SSSR count). The lowest BCUT2D eigenvalue weighted by Gasteiger charge is -2.14. The molecule has 1 saturated heterocycles. The maximum Gasteiger partial charge on any atom is 0.0588 e. The van der Waals surface area contributed by atoms with E-state index in [1.54, 1.807) is 0 Å². The number of hydrogen-bond donors (Lipinski definition) is 0. The Morgan fingerprint density at radius 2 is 2.33 bits per heavy atom. The molecule has 1 fully saturated rings. The van der Waals surface area contributed by atoms with Gasteiger partial charge in [-0.1, -0.05) is 31.5 Å². The van der Waals surface area contributed by atoms with Crippen LogP contribution in [0.1, 0.15) is 0 Å². The lowest BCUT2D eigenvalue weighted by molar-refractivity contribution is 5.06. The maximum atomic E-state index is 4.97. The average Bonchev–Trinajstić information content (AvgIpc) is 1.61. The molecule has 0 spiro atoms. The van der Waals surface area contributed by atoms with Crippen molar-refractivity contribution in [1.29, 1.82) is 0 Å². The summed E-state index contributed by atoms with van der Waals surface area (Å²) in [6.45, 7) is 0.975. The van der Waals surface area contributed by atoms with Gasteiger partial charge in [0.05, 0.1) is 5.10 Å². The molecule has 36 valence electrons. The second kappa shape index (κ2) is 2.52. The molecule has 0 bridgehead atoms. The van der Waals surface area contributed by atoms with Gasteiger partial charge in [-0.05, 0) is 11.2 Å². The molecule has 0 aromatic rings. The minimum absolute atomic E-state index is 0.304. The van der Waals surface area contributed by atoms with Crippen molar-refractivity contribution in [3.63, 3.8) is 0 Å². The highest BCUT2D eigenvalue weighted by atomic mass is 33.8. The third-order valence-corrected chi connectivity index (χ3v) is 28.5. The Balaban J connectivity index is 2.61. The highest BCUT2D eigenvalue weighted by Crippen LogP contribution is 2.72. The van der Waals surface area contributed by atoms with E-state index in [0.29, 0.717) is 8.69 Å². The molecule has 0 aromatic heterocycles. The Morgan fingerprint density at radius 3 is 2.33 bits per heavy atom. The summed E-state index contributed by atoms with van der Waals surface area (Å²) in [5.74, 6) is 0. The van der Waals surface area contributed by atoms with Crippen LogP contribution in [0.2, 0.25) is 0 Å². The maximum absolute atomic E-state index is 4.97. The highest BCUT2D eigenvalue weighted by Gasteiger charge is 2.11. The summed E-state index contributed by atoms with van der Waals surface area (Å²) >= 11 is 11.8. The third kappa shape index (κ3) is 1.24. The molecule has 0 aliphatic carbocycles. The van der Waals surface area contributed by atoms with Crippen LogP contribution < -0.4 is 0 Å². The Labute approximate surface area is 54.6 Å². The zero-order chi connectivity index (χ0) is 4.57. The summed E-state index contributed by atoms with van der Waals surface area (Å²) in [5.41, 5.74) is 0. The molecule has 1 aliphatic rings. The van der Waals surface area contributed by atoms with Gasteiger partial charge in [-0.2, -0.15) is 0 Å². The average molecular weight is 192 g/mol. The van der Waals surface area contributed by atoms with Crippen molar-refractivity contribution in [3.05, 3.63) is 0 Å². The van der Waals surface area contributed by atoms with Crippen LogP contribution in [0.25, 0.3) is 0 Å². The molecule has 1 heterocycles. The summed E-state index contributed by atoms with van der Waals surface area (Å²) < 4.78 is 0. The van der Waals surface area contributed by atoms with Gasteiger partial charge < -0.3 is 0 Å². The van der Waals surface area contributed by atoms with Gasteiger partial charge in [0.25, 0.3) is 0 Å². The molecule has 0 nitrogen and oxygen atoms in total. The van der Waals surface area contributed by atoms with Crippen LogP contribution in [0.15, 0.2) is 0 Å². The van der Waals surface area contributed by atoms with Crippen molar-refractivity contribution in [2.45, 2.75) is 0 Å². The summed E-state index contributed by atoms with van der Waals surface area (Å²) in [7, 11) is 0.304. The normalized spacial score (nSPS) is 48.7. The number of rotatable bonds is 0. The fourth-order valence-electron chi connectivity index (χ4n) is 0.110. The van der Waals surface area contributed by atoms with Crippen LogP contribution in [-0.4, -0.2) is 0 Å². The Hall–Kier alpha value is 2.00. The fraction of sp³-hybridized carbons (Fsp3) is 0. The molecule has 0 aromatic carbocycles. The van der Waals surface area contributed by atoms with E-state index in [2.05, 4.69) is 0 Å². The summed E-state index contributed by atoms with van der Waals surface area (Å²) in [4.78, 5) is 0. The van der Waals surface area contributed by atoms with Crippen LogP contribution in [0, 0.1) is 0 Å². The van der Waals surface area contributed by atoms with Crippen LogP contribution in [-0.2, 0) is 31.7 Å². The summed E-state index contributed by atoms with van der Waals surface area (Å²) in [5, 5.41) is -0.416. The molecule has 0 radical (unpaired) electrons. The van der Waals surface area contributed by atoms with E-state index in [-0.39, 0.29) is 0 Å². The van der Waals surface area contributed by atoms with Crippen LogP contribution >= 0.6 is 23.1 Å². The zero-order valence-corrected chi connectivity index (χ0v) is 7.90. The van der Waals surface area contributed by atoms with Gasteiger partial charge in [0, 0.05) is 6.98 Å². The molecule has 0 N–H and O–H groups in total. The Bertz CT molecular complexity index is 90.1. The second-order valence-electron chi connectivity index (χ2n) is 0.704. The molecule has 0 amide bonds. The first kappa shape index (κ1) is 6.12. The van der Waals surface area contributed by atoms with Crippen molar-refractivity contribution in [2.75, 3.05) is 0 Å². The van der Waals surface area contributed by atoms with E-state index < -0.39 is 5.10 Å². The standard InChI is InChI=1S/H2P2S4/c3-2-5-1-6(2)4/h1-2H. The summed E-state index contributed by atoms with van der Waals surface area (Å²) in [6, 6.07) is 0. The third-order valence-electron chi connectivity index (χ3n) is 0.352. The molecule has 3 unspecified atom stereocenters. The van der Waals surface area contributed by atoms with Gasteiger partial charge in [0.1, 0.15) is 0 Å². The lowest BCUT2D eigenvalue weighted by atomic mass is 29.4. The Kier molecular flexibility index (Phi) is 2.57. The minimum Gasteiger partial charge on any atom is -0.0799 e. The SMILES string of the molecule is S=[PH]1SPS1=S. The largest absolute Gasteiger partial charge is 0.0799 e. The van der Waals surface area contributed by atoms with Crippen LogP contribution in [0.4, 0.5) is 0 Å². The quantitative estimate of drug-likeness (QED) is 0.537. The van der Waals surface area contributed by atoms with E-state index in [1.807, 2.05) is 11.0 Å². The van der Waals surface area contributed by atoms with Crippen molar-refractivity contribution < 1.29 is 0 Å². The van der Waals surface area contributed by atoms with Crippen LogP contribution in [0.5, 0.6) is 0 Å². The van der Waals surface area contributed by atoms with Crippen molar-refractivity contribution in [3.8, 4) is 0 Å². The molecule has 6 heteroatoms. The molecule has 6 heavy (non-hydrogen) atoms. The molecular weight excluding hydrogens is 190 g/mol. The molecular formula is H2P2S4. The zero-order valence-electron chi connectivity index (χ0n) is 2.63. The first-order valence-electron chi connectivity index (χ1n) is 1.19. The molecule has 1 aliphatic heterocycles. The predicted molar refractivity (Wildman–Crippen MR) is 46.3 cm³/mol. The van der Waals surface area contributed by atoms with Gasteiger partial charge in [0.2, 0.25) is 0 Å². The van der Waals surface area contributed by atoms with E-state index >= 15 is 0 Å². The first-order chi connectivity index (χ1) is 2.80. The second-order valence-corrected chi connectivity index (χ2v) is 19.0. The van der Waals surface area contributed by atoms with Crippen molar-refractivity contribution in [2.24, 2.45) is 0 Å². The van der Waals surface area contributed by atoms with Gasteiger partial charge >= 0.3 is 0 Å². The minimum atomic E-state index is -0.416. The van der Waals surface area contributed by atoms with E-state index in [4.69, 9.17) is 23.0 Å². The number of hydrogen-bond acceptors (Lipinski definition) is 3. The molecule has 0 saturated carbocycles. The predicted octanol–water partition coefficient (Wildman–Crippen LogP) is 1.83. The smallest absolute Gasteiger partial charge is 0.0588 e. The van der Waals surface area contributed by atoms with Crippen LogP contribution in [0.3, 0.4) is 0 Å². The summed E-state index contributed by atoms with van der Waals surface area (Å²) in [6.07, 6.45) is 0. The Morgan fingerprint density at radius 1 is 1.83 bits per heavy atom. The van der Waals surface area contributed by atoms with E-state index in [9.17, 15) is 0 Å². The fourth-order valence-corrected chi connectivity index (χ4v) is 19.9.